The van der Waals surface area contributed by atoms with Crippen molar-refractivity contribution in [2.24, 2.45) is 0 Å². The van der Waals surface area contributed by atoms with Crippen molar-refractivity contribution in [3.05, 3.63) is 41.3 Å². The second-order valence-corrected chi connectivity index (χ2v) is 12.7. The van der Waals surface area contributed by atoms with Crippen LogP contribution in [0.2, 0.25) is 0 Å². The number of nitrogens with one attached hydrogen (secondary N) is 1. The first kappa shape index (κ1) is 21.9. The number of carbonyl (C=O) groups is 1. The lowest BCUT2D eigenvalue weighted by Gasteiger charge is -2.25. The third-order valence-corrected chi connectivity index (χ3v) is 10.4. The minimum absolute atomic E-state index is 0.130. The molecular formula is C22H28N2O3S3. The van der Waals surface area contributed by atoms with E-state index in [1.807, 2.05) is 23.9 Å². The fourth-order valence-corrected chi connectivity index (χ4v) is 8.28. The van der Waals surface area contributed by atoms with Crippen molar-refractivity contribution in [1.29, 1.82) is 0 Å². The number of hydrogen-bond donors (Lipinski definition) is 1. The topological polar surface area (TPSA) is 66.5 Å². The largest absolute Gasteiger partial charge is 0.326 e. The predicted molar refractivity (Wildman–Crippen MR) is 124 cm³/mol. The fraction of sp³-hybridized carbons (Fsp3) is 0.500. The normalized spacial score (nSPS) is 18.5. The van der Waals surface area contributed by atoms with Crippen LogP contribution >= 0.6 is 23.1 Å². The summed E-state index contributed by atoms with van der Waals surface area (Å²) in [7, 11) is -3.43. The quantitative estimate of drug-likeness (QED) is 0.616. The molecule has 1 saturated heterocycles. The minimum atomic E-state index is -3.43. The van der Waals surface area contributed by atoms with Crippen molar-refractivity contribution < 1.29 is 13.2 Å². The Hall–Kier alpha value is -1.35. The number of amides is 1. The minimum Gasteiger partial charge on any atom is -0.326 e. The van der Waals surface area contributed by atoms with Crippen LogP contribution in [0, 0.1) is 0 Å². The lowest BCUT2D eigenvalue weighted by molar-refractivity contribution is -0.115. The summed E-state index contributed by atoms with van der Waals surface area (Å²) in [6, 6.07) is 11.4. The van der Waals surface area contributed by atoms with Gasteiger partial charge < -0.3 is 5.32 Å². The molecule has 8 heteroatoms. The van der Waals surface area contributed by atoms with Crippen molar-refractivity contribution >= 4 is 44.7 Å². The number of hydrogen-bond acceptors (Lipinski definition) is 5. The van der Waals surface area contributed by atoms with E-state index >= 15 is 0 Å². The van der Waals surface area contributed by atoms with Crippen molar-refractivity contribution in [3.63, 3.8) is 0 Å². The van der Waals surface area contributed by atoms with Crippen LogP contribution in [-0.4, -0.2) is 37.0 Å². The number of sulfonamides is 1. The molecule has 2 aromatic rings. The number of rotatable bonds is 7. The predicted octanol–water partition coefficient (Wildman–Crippen LogP) is 5.14. The molecule has 4 rings (SSSR count). The Morgan fingerprint density at radius 3 is 2.40 bits per heavy atom. The lowest BCUT2D eigenvalue weighted by Crippen LogP contribution is -2.35. The van der Waals surface area contributed by atoms with Crippen LogP contribution < -0.4 is 5.32 Å². The van der Waals surface area contributed by atoms with Gasteiger partial charge in [0.1, 0.15) is 4.21 Å². The van der Waals surface area contributed by atoms with E-state index in [2.05, 4.69) is 17.4 Å². The Morgan fingerprint density at radius 1 is 1.00 bits per heavy atom. The summed E-state index contributed by atoms with van der Waals surface area (Å²) >= 11 is 3.12. The van der Waals surface area contributed by atoms with Crippen molar-refractivity contribution in [2.45, 2.75) is 65.7 Å². The van der Waals surface area contributed by atoms with Crippen LogP contribution in [0.25, 0.3) is 0 Å². The molecule has 1 aliphatic heterocycles. The third-order valence-electron chi connectivity index (χ3n) is 5.62. The summed E-state index contributed by atoms with van der Waals surface area (Å²) < 4.78 is 27.4. The molecule has 5 nitrogen and oxygen atoms in total. The van der Waals surface area contributed by atoms with Crippen molar-refractivity contribution in [1.82, 2.24) is 4.31 Å². The summed E-state index contributed by atoms with van der Waals surface area (Å²) in [6.45, 7) is 1.18. The van der Waals surface area contributed by atoms with E-state index in [0.29, 0.717) is 17.3 Å². The zero-order valence-electron chi connectivity index (χ0n) is 17.0. The van der Waals surface area contributed by atoms with Crippen LogP contribution in [0.15, 0.2) is 45.5 Å². The number of piperidine rings is 1. The highest BCUT2D eigenvalue weighted by Gasteiger charge is 2.27. The van der Waals surface area contributed by atoms with Crippen molar-refractivity contribution in [3.8, 4) is 0 Å². The monoisotopic (exact) mass is 464 g/mol. The van der Waals surface area contributed by atoms with Gasteiger partial charge in [0, 0.05) is 33.8 Å². The first-order valence-electron chi connectivity index (χ1n) is 10.7. The molecule has 1 aromatic carbocycles. The summed E-state index contributed by atoms with van der Waals surface area (Å²) in [5.74, 6) is -0.130. The van der Waals surface area contributed by atoms with E-state index in [9.17, 15) is 13.2 Å². The summed E-state index contributed by atoms with van der Waals surface area (Å²) in [5.41, 5.74) is 0.772. The zero-order valence-corrected chi connectivity index (χ0v) is 19.5. The van der Waals surface area contributed by atoms with E-state index < -0.39 is 10.0 Å². The van der Waals surface area contributed by atoms with Gasteiger partial charge in [-0.05, 0) is 62.1 Å². The van der Waals surface area contributed by atoms with Crippen LogP contribution in [0.5, 0.6) is 0 Å². The molecule has 0 atom stereocenters. The highest BCUT2D eigenvalue weighted by atomic mass is 32.2. The van der Waals surface area contributed by atoms with Gasteiger partial charge in [-0.2, -0.15) is 4.31 Å². The third kappa shape index (κ3) is 5.46. The van der Waals surface area contributed by atoms with E-state index in [-0.39, 0.29) is 12.3 Å². The average molecular weight is 465 g/mol. The number of anilines is 1. The molecule has 162 valence electrons. The molecule has 1 aromatic heterocycles. The van der Waals surface area contributed by atoms with Gasteiger partial charge in [0.25, 0.3) is 10.0 Å². The molecule has 1 saturated carbocycles. The highest BCUT2D eigenvalue weighted by molar-refractivity contribution is 8.00. The number of thioether (sulfide) groups is 1. The van der Waals surface area contributed by atoms with Crippen LogP contribution in [-0.2, 0) is 21.2 Å². The Balaban J connectivity index is 1.32. The standard InChI is InChI=1S/C22H28N2O3S3/c25-21(23-17-8-10-19(11-9-17)28-18-6-2-3-7-18)16-20-12-13-22(29-20)30(26,27)24-14-4-1-5-15-24/h8-13,18H,1-7,14-16H2,(H,23,25). The molecule has 30 heavy (non-hydrogen) atoms. The molecular weight excluding hydrogens is 436 g/mol. The molecule has 0 bridgehead atoms. The molecule has 2 aliphatic rings. The maximum atomic E-state index is 12.8. The van der Waals surface area contributed by atoms with Gasteiger partial charge in [-0.15, -0.1) is 23.1 Å². The number of thiophene rings is 1. The smallest absolute Gasteiger partial charge is 0.252 e. The Labute approximate surface area is 187 Å². The average Bonchev–Trinajstić information content (AvgIpc) is 3.43. The maximum Gasteiger partial charge on any atom is 0.252 e. The lowest BCUT2D eigenvalue weighted by atomic mass is 10.2. The van der Waals surface area contributed by atoms with Crippen LogP contribution in [0.3, 0.4) is 0 Å². The van der Waals surface area contributed by atoms with Crippen LogP contribution in [0.1, 0.15) is 49.8 Å². The van der Waals surface area contributed by atoms with Crippen molar-refractivity contribution in [2.75, 3.05) is 18.4 Å². The van der Waals surface area contributed by atoms with Gasteiger partial charge >= 0.3 is 0 Å². The molecule has 2 heterocycles. The Bertz CT molecular complexity index is 958. The molecule has 1 amide bonds. The first-order chi connectivity index (χ1) is 14.5. The van der Waals surface area contributed by atoms with Gasteiger partial charge in [0.15, 0.2) is 0 Å². The SMILES string of the molecule is O=C(Cc1ccc(S(=O)(=O)N2CCCCC2)s1)Nc1ccc(SC2CCCC2)cc1. The highest BCUT2D eigenvalue weighted by Crippen LogP contribution is 2.35. The van der Waals surface area contributed by atoms with Crippen LogP contribution in [0.4, 0.5) is 5.69 Å². The maximum absolute atomic E-state index is 12.8. The molecule has 1 aliphatic carbocycles. The van der Waals surface area contributed by atoms with E-state index in [1.54, 1.807) is 16.4 Å². The summed E-state index contributed by atoms with van der Waals surface area (Å²) in [4.78, 5) is 14.4. The van der Waals surface area contributed by atoms with Gasteiger partial charge in [0.2, 0.25) is 5.91 Å². The zero-order chi connectivity index (χ0) is 21.0. The Kier molecular flexibility index (Phi) is 7.18. The number of nitrogens with zero attached hydrogens (tertiary/aromatic N) is 1. The molecule has 0 radical (unpaired) electrons. The molecule has 0 unspecified atom stereocenters. The second kappa shape index (κ2) is 9.85. The molecule has 1 N–H and O–H groups in total. The number of benzene rings is 1. The number of carbonyl (C=O) groups excluding carboxylic acids is 1. The van der Waals surface area contributed by atoms with E-state index in [4.69, 9.17) is 0 Å². The van der Waals surface area contributed by atoms with E-state index in [0.717, 1.165) is 35.1 Å². The van der Waals surface area contributed by atoms with Gasteiger partial charge in [-0.1, -0.05) is 19.3 Å². The fourth-order valence-electron chi connectivity index (χ4n) is 4.00. The second-order valence-electron chi connectivity index (χ2n) is 7.96. The van der Waals surface area contributed by atoms with Gasteiger partial charge in [-0.3, -0.25) is 4.79 Å². The van der Waals surface area contributed by atoms with Gasteiger partial charge in [-0.25, -0.2) is 8.42 Å². The molecule has 2 fully saturated rings. The van der Waals surface area contributed by atoms with Gasteiger partial charge in [0.05, 0.1) is 6.42 Å². The Morgan fingerprint density at radius 2 is 1.70 bits per heavy atom. The van der Waals surface area contributed by atoms with E-state index in [1.165, 1.54) is 41.9 Å². The summed E-state index contributed by atoms with van der Waals surface area (Å²) in [6.07, 6.45) is 8.33. The molecule has 0 spiro atoms. The first-order valence-corrected chi connectivity index (χ1v) is 13.8. The summed E-state index contributed by atoms with van der Waals surface area (Å²) in [5, 5.41) is 3.64.